The lowest BCUT2D eigenvalue weighted by atomic mass is 10.1. The van der Waals surface area contributed by atoms with Gasteiger partial charge in [-0.3, -0.25) is 20.6 Å². The van der Waals surface area contributed by atoms with E-state index in [9.17, 15) is 4.79 Å². The number of hydrogen-bond acceptors (Lipinski definition) is 6. The third kappa shape index (κ3) is 3.55. The first kappa shape index (κ1) is 16.4. The van der Waals surface area contributed by atoms with Crippen molar-refractivity contribution >= 4 is 11.9 Å². The minimum Gasteiger partial charge on any atom is -0.496 e. The molecule has 24 heavy (non-hydrogen) atoms. The van der Waals surface area contributed by atoms with Gasteiger partial charge in [-0.15, -0.1) is 5.10 Å². The Labute approximate surface area is 140 Å². The number of ether oxygens (including phenoxy) is 1. The quantitative estimate of drug-likeness (QED) is 0.639. The maximum Gasteiger partial charge on any atom is 0.249 e. The van der Waals surface area contributed by atoms with Crippen LogP contribution >= 0.6 is 0 Å². The number of H-pyrrole nitrogens is 1. The number of hydrazine groups is 1. The molecule has 2 unspecified atom stereocenters. The summed E-state index contributed by atoms with van der Waals surface area (Å²) in [7, 11) is 1.60. The molecule has 2 heterocycles. The summed E-state index contributed by atoms with van der Waals surface area (Å²) in [5, 5.41) is 9.63. The highest BCUT2D eigenvalue weighted by molar-refractivity contribution is 5.93. The van der Waals surface area contributed by atoms with Crippen molar-refractivity contribution in [3.05, 3.63) is 24.3 Å². The van der Waals surface area contributed by atoms with Gasteiger partial charge >= 0.3 is 0 Å². The van der Waals surface area contributed by atoms with E-state index in [0.717, 1.165) is 24.8 Å². The molecule has 1 aliphatic rings. The lowest BCUT2D eigenvalue weighted by Crippen LogP contribution is -2.40. The summed E-state index contributed by atoms with van der Waals surface area (Å²) in [6, 6.07) is 7.53. The lowest BCUT2D eigenvalue weighted by molar-refractivity contribution is -0.117. The molecule has 128 valence electrons. The van der Waals surface area contributed by atoms with Gasteiger partial charge in [0.1, 0.15) is 11.8 Å². The molecule has 2 aromatic rings. The predicted octanol–water partition coefficient (Wildman–Crippen LogP) is 1.45. The van der Waals surface area contributed by atoms with E-state index >= 15 is 0 Å². The van der Waals surface area contributed by atoms with Crippen LogP contribution < -0.4 is 20.9 Å². The molecule has 0 saturated carbocycles. The van der Waals surface area contributed by atoms with Crippen molar-refractivity contribution in [3.8, 4) is 17.1 Å². The van der Waals surface area contributed by atoms with E-state index in [1.54, 1.807) is 7.11 Å². The number of rotatable bonds is 6. The zero-order valence-electron chi connectivity index (χ0n) is 13.8. The lowest BCUT2D eigenvalue weighted by Gasteiger charge is -2.07. The Kier molecular flexibility index (Phi) is 5.07. The molecule has 1 saturated heterocycles. The third-order valence-electron chi connectivity index (χ3n) is 4.02. The summed E-state index contributed by atoms with van der Waals surface area (Å²) in [6.45, 7) is 2.13. The largest absolute Gasteiger partial charge is 0.496 e. The summed E-state index contributed by atoms with van der Waals surface area (Å²) < 4.78 is 5.31. The number of aromatic nitrogens is 3. The van der Waals surface area contributed by atoms with Crippen LogP contribution in [0.15, 0.2) is 24.3 Å². The van der Waals surface area contributed by atoms with Gasteiger partial charge in [-0.1, -0.05) is 25.5 Å². The summed E-state index contributed by atoms with van der Waals surface area (Å²) in [6.07, 6.45) is 2.87. The first-order chi connectivity index (χ1) is 11.7. The van der Waals surface area contributed by atoms with Crippen LogP contribution in [0.3, 0.4) is 0 Å². The molecule has 8 nitrogen and oxygen atoms in total. The Hall–Kier alpha value is -2.45. The zero-order chi connectivity index (χ0) is 16.9. The highest BCUT2D eigenvalue weighted by atomic mass is 16.5. The highest BCUT2D eigenvalue weighted by Crippen LogP contribution is 2.27. The number of para-hydroxylation sites is 1. The molecule has 3 rings (SSSR count). The van der Waals surface area contributed by atoms with E-state index in [4.69, 9.17) is 4.74 Å². The van der Waals surface area contributed by atoms with Gasteiger partial charge in [0.15, 0.2) is 5.82 Å². The van der Waals surface area contributed by atoms with Crippen LogP contribution in [0.2, 0.25) is 0 Å². The van der Waals surface area contributed by atoms with Crippen LogP contribution in [0.25, 0.3) is 11.4 Å². The SMILES string of the molecule is CCCC1CC(C(=O)Nc2n[nH]c(-c3ccccc3OC)n2)NN1. The van der Waals surface area contributed by atoms with Crippen molar-refractivity contribution in [2.45, 2.75) is 38.3 Å². The molecule has 0 spiro atoms. The topological polar surface area (TPSA) is 104 Å². The van der Waals surface area contributed by atoms with Crippen molar-refractivity contribution in [1.82, 2.24) is 26.0 Å². The van der Waals surface area contributed by atoms with Gasteiger partial charge in [0.25, 0.3) is 0 Å². The number of nitrogens with zero attached hydrogens (tertiary/aromatic N) is 2. The van der Waals surface area contributed by atoms with Gasteiger partial charge in [-0.25, -0.2) is 5.43 Å². The summed E-state index contributed by atoms with van der Waals surface area (Å²) in [5.41, 5.74) is 6.95. The van der Waals surface area contributed by atoms with Crippen molar-refractivity contribution in [2.24, 2.45) is 0 Å². The first-order valence-corrected chi connectivity index (χ1v) is 8.09. The molecule has 0 aliphatic carbocycles. The number of amides is 1. The number of carbonyl (C=O) groups is 1. The second kappa shape index (κ2) is 7.41. The second-order valence-electron chi connectivity index (χ2n) is 5.76. The van der Waals surface area contributed by atoms with Crippen molar-refractivity contribution in [3.63, 3.8) is 0 Å². The Morgan fingerprint density at radius 3 is 3.00 bits per heavy atom. The van der Waals surface area contributed by atoms with E-state index in [1.165, 1.54) is 0 Å². The number of methoxy groups -OCH3 is 1. The average molecular weight is 330 g/mol. The molecule has 8 heteroatoms. The fourth-order valence-electron chi connectivity index (χ4n) is 2.81. The van der Waals surface area contributed by atoms with Crippen LogP contribution in [0.5, 0.6) is 5.75 Å². The zero-order valence-corrected chi connectivity index (χ0v) is 13.8. The van der Waals surface area contributed by atoms with Crippen molar-refractivity contribution in [1.29, 1.82) is 0 Å². The number of benzene rings is 1. The van der Waals surface area contributed by atoms with Gasteiger partial charge in [0, 0.05) is 6.04 Å². The number of aromatic amines is 1. The van der Waals surface area contributed by atoms with Gasteiger partial charge in [0.05, 0.1) is 12.7 Å². The van der Waals surface area contributed by atoms with Gasteiger partial charge < -0.3 is 4.74 Å². The Morgan fingerprint density at radius 1 is 1.38 bits per heavy atom. The monoisotopic (exact) mass is 330 g/mol. The molecular formula is C16H22N6O2. The van der Waals surface area contributed by atoms with Gasteiger partial charge in [0.2, 0.25) is 11.9 Å². The first-order valence-electron chi connectivity index (χ1n) is 8.09. The maximum absolute atomic E-state index is 12.3. The average Bonchev–Trinajstić information content (AvgIpc) is 3.25. The van der Waals surface area contributed by atoms with Crippen molar-refractivity contribution < 1.29 is 9.53 Å². The summed E-state index contributed by atoms with van der Waals surface area (Å²) >= 11 is 0. The predicted molar refractivity (Wildman–Crippen MR) is 90.4 cm³/mol. The smallest absolute Gasteiger partial charge is 0.249 e. The minimum absolute atomic E-state index is 0.147. The van der Waals surface area contributed by atoms with Crippen LogP contribution in [0.1, 0.15) is 26.2 Å². The molecule has 1 aromatic carbocycles. The minimum atomic E-state index is -0.283. The highest BCUT2D eigenvalue weighted by Gasteiger charge is 2.29. The fourth-order valence-corrected chi connectivity index (χ4v) is 2.81. The fraction of sp³-hybridized carbons (Fsp3) is 0.438. The Morgan fingerprint density at radius 2 is 2.21 bits per heavy atom. The normalized spacial score (nSPS) is 20.1. The van der Waals surface area contributed by atoms with E-state index in [1.807, 2.05) is 24.3 Å². The number of carbonyl (C=O) groups excluding carboxylic acids is 1. The van der Waals surface area contributed by atoms with Crippen LogP contribution in [-0.4, -0.2) is 40.3 Å². The van der Waals surface area contributed by atoms with Crippen molar-refractivity contribution in [2.75, 3.05) is 12.4 Å². The van der Waals surface area contributed by atoms with E-state index < -0.39 is 0 Å². The van der Waals surface area contributed by atoms with Crippen LogP contribution in [0, 0.1) is 0 Å². The molecule has 1 fully saturated rings. The Bertz CT molecular complexity index is 701. The van der Waals surface area contributed by atoms with Crippen LogP contribution in [0.4, 0.5) is 5.95 Å². The molecule has 2 atom stereocenters. The molecule has 1 aliphatic heterocycles. The standard InChI is InChI=1S/C16H22N6O2/c1-3-6-10-9-12(20-19-10)15(23)18-16-17-14(21-22-16)11-7-4-5-8-13(11)24-2/h4-5,7-8,10,12,19-20H,3,6,9H2,1-2H3,(H2,17,18,21,22,23). The molecule has 1 amide bonds. The summed E-state index contributed by atoms with van der Waals surface area (Å²) in [5.74, 6) is 1.34. The van der Waals surface area contributed by atoms with Gasteiger partial charge in [-0.05, 0) is 25.0 Å². The second-order valence-corrected chi connectivity index (χ2v) is 5.76. The Balaban J connectivity index is 1.65. The molecule has 4 N–H and O–H groups in total. The van der Waals surface area contributed by atoms with E-state index in [-0.39, 0.29) is 17.9 Å². The summed E-state index contributed by atoms with van der Waals surface area (Å²) in [4.78, 5) is 16.6. The maximum atomic E-state index is 12.3. The number of nitrogens with one attached hydrogen (secondary N) is 4. The number of anilines is 1. The molecule has 0 bridgehead atoms. The van der Waals surface area contributed by atoms with Crippen LogP contribution in [-0.2, 0) is 4.79 Å². The van der Waals surface area contributed by atoms with Gasteiger partial charge in [-0.2, -0.15) is 4.98 Å². The molecular weight excluding hydrogens is 308 g/mol. The number of hydrogen-bond donors (Lipinski definition) is 4. The third-order valence-corrected chi connectivity index (χ3v) is 4.02. The molecule has 1 aromatic heterocycles. The molecule has 0 radical (unpaired) electrons. The van der Waals surface area contributed by atoms with E-state index in [2.05, 4.69) is 38.3 Å². The van der Waals surface area contributed by atoms with E-state index in [0.29, 0.717) is 17.6 Å².